The average molecular weight is 464 g/mol. The molecule has 10 nitrogen and oxygen atoms in total. The molecule has 0 atom stereocenters. The van der Waals surface area contributed by atoms with Gasteiger partial charge in [0.1, 0.15) is 0 Å². The number of nitrogens with zero attached hydrogens (tertiary/aromatic N) is 3. The number of anilines is 1. The van der Waals surface area contributed by atoms with E-state index in [-0.39, 0.29) is 15.7 Å². The number of thiocarbonyl (C=S) groups is 1. The van der Waals surface area contributed by atoms with Crippen molar-refractivity contribution in [3.63, 3.8) is 0 Å². The second-order valence-corrected chi connectivity index (χ2v) is 8.95. The Kier molecular flexibility index (Phi) is 7.28. The van der Waals surface area contributed by atoms with Gasteiger partial charge in [-0.05, 0) is 61.1 Å². The zero-order chi connectivity index (χ0) is 22.4. The predicted molar refractivity (Wildman–Crippen MR) is 121 cm³/mol. The van der Waals surface area contributed by atoms with Crippen molar-refractivity contribution in [2.24, 2.45) is 5.10 Å². The smallest absolute Gasteiger partial charge is 0.269 e. The Hall–Kier alpha value is -2.93. The number of ether oxygens (including phenoxy) is 1. The van der Waals surface area contributed by atoms with E-state index in [1.807, 2.05) is 0 Å². The molecule has 0 saturated carbocycles. The number of hydrazone groups is 1. The summed E-state index contributed by atoms with van der Waals surface area (Å²) in [4.78, 5) is 10.5. The van der Waals surface area contributed by atoms with Gasteiger partial charge in [-0.2, -0.15) is 9.41 Å². The third kappa shape index (κ3) is 5.82. The van der Waals surface area contributed by atoms with Gasteiger partial charge >= 0.3 is 0 Å². The van der Waals surface area contributed by atoms with Crippen molar-refractivity contribution < 1.29 is 18.1 Å². The second kappa shape index (κ2) is 9.92. The minimum Gasteiger partial charge on any atom is -0.379 e. The van der Waals surface area contributed by atoms with Crippen LogP contribution in [-0.4, -0.2) is 54.8 Å². The van der Waals surface area contributed by atoms with E-state index in [0.717, 1.165) is 0 Å². The predicted octanol–water partition coefficient (Wildman–Crippen LogP) is 2.33. The van der Waals surface area contributed by atoms with E-state index in [1.54, 1.807) is 31.2 Å². The summed E-state index contributed by atoms with van der Waals surface area (Å²) in [6.07, 6.45) is 0. The molecule has 1 aliphatic heterocycles. The van der Waals surface area contributed by atoms with Crippen LogP contribution in [0.5, 0.6) is 0 Å². The Bertz CT molecular complexity index is 1080. The van der Waals surface area contributed by atoms with E-state index in [2.05, 4.69) is 15.8 Å². The number of rotatable bonds is 6. The van der Waals surface area contributed by atoms with Crippen LogP contribution in [0, 0.1) is 10.1 Å². The number of nitro benzene ring substituents is 1. The molecule has 1 fully saturated rings. The van der Waals surface area contributed by atoms with Crippen molar-refractivity contribution in [3.8, 4) is 0 Å². The lowest BCUT2D eigenvalue weighted by Crippen LogP contribution is -2.40. The van der Waals surface area contributed by atoms with Crippen LogP contribution in [0.4, 0.5) is 11.4 Å². The molecular formula is C19H21N5O5S2. The largest absolute Gasteiger partial charge is 0.379 e. The van der Waals surface area contributed by atoms with Crippen LogP contribution in [0.25, 0.3) is 0 Å². The van der Waals surface area contributed by atoms with Gasteiger partial charge in [0.15, 0.2) is 5.11 Å². The van der Waals surface area contributed by atoms with E-state index in [0.29, 0.717) is 43.3 Å². The summed E-state index contributed by atoms with van der Waals surface area (Å²) < 4.78 is 31.9. The van der Waals surface area contributed by atoms with E-state index < -0.39 is 14.9 Å². The molecule has 12 heteroatoms. The van der Waals surface area contributed by atoms with Gasteiger partial charge in [0.25, 0.3) is 5.69 Å². The standard InChI is InChI=1S/C19H21N5O5S2/c1-14(15-2-6-17(7-3-15)24(25)26)21-22-19(30)20-16-4-8-18(9-5-16)31(27,28)23-10-12-29-13-11-23/h2-9H,10-13H2,1H3,(H2,20,22,30). The molecule has 0 spiro atoms. The van der Waals surface area contributed by atoms with Crippen LogP contribution >= 0.6 is 12.2 Å². The van der Waals surface area contributed by atoms with Crippen LogP contribution < -0.4 is 10.7 Å². The molecule has 2 N–H and O–H groups in total. The second-order valence-electron chi connectivity index (χ2n) is 6.61. The normalized spacial score (nSPS) is 15.3. The summed E-state index contributed by atoms with van der Waals surface area (Å²) in [7, 11) is -3.55. The van der Waals surface area contributed by atoms with Gasteiger partial charge in [0, 0.05) is 30.9 Å². The van der Waals surface area contributed by atoms with Crippen molar-refractivity contribution in [2.45, 2.75) is 11.8 Å². The lowest BCUT2D eigenvalue weighted by Gasteiger charge is -2.26. The summed E-state index contributed by atoms with van der Waals surface area (Å²) in [5, 5.41) is 18.0. The summed E-state index contributed by atoms with van der Waals surface area (Å²) in [5.74, 6) is 0. The number of nitrogens with one attached hydrogen (secondary N) is 2. The van der Waals surface area contributed by atoms with E-state index in [1.165, 1.54) is 28.6 Å². The molecule has 1 aliphatic rings. The molecule has 1 saturated heterocycles. The third-order valence-electron chi connectivity index (χ3n) is 4.54. The first-order valence-corrected chi connectivity index (χ1v) is 11.2. The highest BCUT2D eigenvalue weighted by Crippen LogP contribution is 2.19. The molecule has 3 rings (SSSR count). The van der Waals surface area contributed by atoms with Crippen molar-refractivity contribution in [1.29, 1.82) is 0 Å². The van der Waals surface area contributed by atoms with Crippen LogP contribution in [0.2, 0.25) is 0 Å². The van der Waals surface area contributed by atoms with Gasteiger partial charge in [-0.15, -0.1) is 0 Å². The SMILES string of the molecule is CC(=NNC(=S)Nc1ccc(S(=O)(=O)N2CCOCC2)cc1)c1ccc([N+](=O)[O-])cc1. The first kappa shape index (κ1) is 22.7. The lowest BCUT2D eigenvalue weighted by atomic mass is 10.1. The van der Waals surface area contributed by atoms with Crippen LogP contribution in [0.3, 0.4) is 0 Å². The van der Waals surface area contributed by atoms with Gasteiger partial charge < -0.3 is 10.1 Å². The van der Waals surface area contributed by atoms with Gasteiger partial charge in [0.2, 0.25) is 10.0 Å². The van der Waals surface area contributed by atoms with E-state index >= 15 is 0 Å². The highest BCUT2D eigenvalue weighted by atomic mass is 32.2. The van der Waals surface area contributed by atoms with Crippen molar-refractivity contribution in [3.05, 3.63) is 64.2 Å². The summed E-state index contributed by atoms with van der Waals surface area (Å²) in [6.45, 7) is 3.18. The number of non-ortho nitro benzene ring substituents is 1. The molecule has 31 heavy (non-hydrogen) atoms. The molecule has 2 aromatic carbocycles. The Morgan fingerprint density at radius 1 is 1.13 bits per heavy atom. The molecule has 0 aromatic heterocycles. The minimum absolute atomic E-state index is 0.000720. The monoisotopic (exact) mass is 463 g/mol. The molecule has 0 unspecified atom stereocenters. The molecule has 0 aliphatic carbocycles. The summed E-state index contributed by atoms with van der Waals surface area (Å²) in [5.41, 5.74) is 4.59. The molecule has 0 amide bonds. The van der Waals surface area contributed by atoms with Crippen molar-refractivity contribution >= 4 is 44.4 Å². The molecule has 0 bridgehead atoms. The zero-order valence-electron chi connectivity index (χ0n) is 16.6. The fourth-order valence-electron chi connectivity index (χ4n) is 2.83. The van der Waals surface area contributed by atoms with Crippen LogP contribution in [0.1, 0.15) is 12.5 Å². The number of benzene rings is 2. The van der Waals surface area contributed by atoms with E-state index in [9.17, 15) is 18.5 Å². The lowest BCUT2D eigenvalue weighted by molar-refractivity contribution is -0.384. The van der Waals surface area contributed by atoms with Crippen LogP contribution in [0.15, 0.2) is 58.5 Å². The Morgan fingerprint density at radius 3 is 2.32 bits per heavy atom. The topological polar surface area (TPSA) is 126 Å². The molecular weight excluding hydrogens is 442 g/mol. The first-order valence-electron chi connectivity index (χ1n) is 9.31. The average Bonchev–Trinajstić information content (AvgIpc) is 2.78. The maximum atomic E-state index is 12.6. The van der Waals surface area contributed by atoms with Gasteiger partial charge in [-0.25, -0.2) is 8.42 Å². The van der Waals surface area contributed by atoms with Gasteiger partial charge in [0.05, 0.1) is 28.7 Å². The highest BCUT2D eigenvalue weighted by Gasteiger charge is 2.26. The van der Waals surface area contributed by atoms with Crippen molar-refractivity contribution in [2.75, 3.05) is 31.6 Å². The number of sulfonamides is 1. The number of nitro groups is 1. The Balaban J connectivity index is 1.59. The summed E-state index contributed by atoms with van der Waals surface area (Å²) >= 11 is 5.21. The highest BCUT2D eigenvalue weighted by molar-refractivity contribution is 7.89. The minimum atomic E-state index is -3.55. The number of hydrogen-bond donors (Lipinski definition) is 2. The number of morpholine rings is 1. The van der Waals surface area contributed by atoms with Crippen LogP contribution in [-0.2, 0) is 14.8 Å². The maximum Gasteiger partial charge on any atom is 0.269 e. The quantitative estimate of drug-likeness (QED) is 0.289. The first-order chi connectivity index (χ1) is 14.8. The van der Waals surface area contributed by atoms with Gasteiger partial charge in [-0.3, -0.25) is 15.5 Å². The Morgan fingerprint density at radius 2 is 1.74 bits per heavy atom. The van der Waals surface area contributed by atoms with Crippen molar-refractivity contribution in [1.82, 2.24) is 9.73 Å². The zero-order valence-corrected chi connectivity index (χ0v) is 18.3. The maximum absolute atomic E-state index is 12.6. The molecule has 0 radical (unpaired) electrons. The van der Waals surface area contributed by atoms with Gasteiger partial charge in [-0.1, -0.05) is 0 Å². The summed E-state index contributed by atoms with van der Waals surface area (Å²) in [6, 6.07) is 12.3. The fraction of sp³-hybridized carbons (Fsp3) is 0.263. The number of hydrogen-bond acceptors (Lipinski definition) is 7. The fourth-order valence-corrected chi connectivity index (χ4v) is 4.40. The molecule has 1 heterocycles. The third-order valence-corrected chi connectivity index (χ3v) is 6.65. The van der Waals surface area contributed by atoms with E-state index in [4.69, 9.17) is 17.0 Å². The Labute approximate surface area is 185 Å². The molecule has 2 aromatic rings. The molecule has 164 valence electrons.